The molecule has 2 amide bonds. The number of hydrazone groups is 1. The van der Waals surface area contributed by atoms with Crippen LogP contribution < -0.4 is 24.0 Å². The van der Waals surface area contributed by atoms with Crippen LogP contribution in [0.1, 0.15) is 61.3 Å². The number of benzene rings is 6. The minimum atomic E-state index is -1.20. The highest BCUT2D eigenvalue weighted by atomic mass is 32.2. The standard InChI is InChI=1S/C64H66F2N4O11S2/c1-3-82-42-55-52(22-23-54-53(55)24-26-58(62(54)66)81-41-46-15-18-50(19-16-46)77-31-9-5-4-8-30-74-37-47-38-76-39-47)48-17-25-57(80-40-45-13-20-51(21-14-45)78-32-10-29-69-60(71)27-28-61(69)72)49(35-48)36-67-70(43-75-33-34-79-63(73)44(2)65)64-68-56-11-6-7-12-59(56)83-64/h6-7,11-28,35-36,47H,2-5,8-10,29-34,37-43H2,1H3/b67-36+. The van der Waals surface area contributed by atoms with Crippen LogP contribution in [0.25, 0.3) is 32.1 Å². The second-order valence-electron chi connectivity index (χ2n) is 19.6. The number of aromatic nitrogens is 1. The third-order valence-electron chi connectivity index (χ3n) is 13.6. The molecule has 434 valence electrons. The average Bonchev–Trinajstić information content (AvgIpc) is 3.89. The summed E-state index contributed by atoms with van der Waals surface area (Å²) in [6, 6.07) is 36.1. The molecule has 0 bridgehead atoms. The highest BCUT2D eigenvalue weighted by Crippen LogP contribution is 2.39. The van der Waals surface area contributed by atoms with Gasteiger partial charge in [0, 0.05) is 47.9 Å². The summed E-state index contributed by atoms with van der Waals surface area (Å²) < 4.78 is 77.1. The van der Waals surface area contributed by atoms with Gasteiger partial charge in [-0.2, -0.15) is 21.3 Å². The third kappa shape index (κ3) is 17.0. The van der Waals surface area contributed by atoms with E-state index in [2.05, 4.69) is 13.5 Å². The van der Waals surface area contributed by atoms with Crippen molar-refractivity contribution in [3.05, 3.63) is 168 Å². The van der Waals surface area contributed by atoms with E-state index in [-0.39, 0.29) is 57.3 Å². The quantitative estimate of drug-likeness (QED) is 0.00714. The van der Waals surface area contributed by atoms with Gasteiger partial charge in [-0.15, -0.1) is 0 Å². The van der Waals surface area contributed by atoms with E-state index >= 15 is 4.39 Å². The number of amides is 2. The molecule has 9 rings (SSSR count). The molecule has 0 unspecified atom stereocenters. The molecular weight excluding hydrogens is 1100 g/mol. The highest BCUT2D eigenvalue weighted by Gasteiger charge is 2.23. The van der Waals surface area contributed by atoms with Crippen molar-refractivity contribution in [2.45, 2.75) is 58.0 Å². The molecule has 0 N–H and O–H groups in total. The lowest BCUT2D eigenvalue weighted by molar-refractivity contribution is -0.142. The molecule has 83 heavy (non-hydrogen) atoms. The minimum absolute atomic E-state index is 0.0593. The molecule has 0 atom stereocenters. The van der Waals surface area contributed by atoms with Crippen LogP contribution in [0.5, 0.6) is 23.0 Å². The smallest absolute Gasteiger partial charge is 0.366 e. The van der Waals surface area contributed by atoms with E-state index in [4.69, 9.17) is 48.0 Å². The van der Waals surface area contributed by atoms with Crippen LogP contribution in [0.2, 0.25) is 0 Å². The van der Waals surface area contributed by atoms with Gasteiger partial charge in [0.15, 0.2) is 11.6 Å². The lowest BCUT2D eigenvalue weighted by Gasteiger charge is -2.25. The second-order valence-corrected chi connectivity index (χ2v) is 21.9. The van der Waals surface area contributed by atoms with Gasteiger partial charge in [0.25, 0.3) is 11.8 Å². The zero-order valence-electron chi connectivity index (χ0n) is 46.3. The number of carbonyl (C=O) groups excluding carboxylic acids is 3. The topological polar surface area (TPSA) is 157 Å². The number of halogens is 2. The van der Waals surface area contributed by atoms with Crippen LogP contribution in [0.3, 0.4) is 0 Å². The molecule has 1 fully saturated rings. The van der Waals surface area contributed by atoms with Crippen molar-refractivity contribution < 1.29 is 61.1 Å². The van der Waals surface area contributed by atoms with E-state index in [0.717, 1.165) is 107 Å². The van der Waals surface area contributed by atoms with Crippen LogP contribution in [0.15, 0.2) is 145 Å². The number of thiazole rings is 1. The summed E-state index contributed by atoms with van der Waals surface area (Å²) in [4.78, 5) is 41.5. The zero-order valence-corrected chi connectivity index (χ0v) is 47.9. The number of ether oxygens (including phenoxy) is 8. The molecule has 2 aliphatic heterocycles. The van der Waals surface area contributed by atoms with Crippen molar-refractivity contribution in [3.63, 3.8) is 0 Å². The van der Waals surface area contributed by atoms with Crippen molar-refractivity contribution >= 4 is 73.2 Å². The first-order chi connectivity index (χ1) is 40.6. The molecule has 0 radical (unpaired) electrons. The summed E-state index contributed by atoms with van der Waals surface area (Å²) in [7, 11) is 0. The Hall–Kier alpha value is -7.68. The molecule has 1 saturated heterocycles. The molecule has 19 heteroatoms. The van der Waals surface area contributed by atoms with Crippen LogP contribution in [0.4, 0.5) is 13.9 Å². The van der Waals surface area contributed by atoms with Gasteiger partial charge in [-0.1, -0.05) is 91.9 Å². The SMILES string of the molecule is C=C(F)C(=O)OCCOCN(/N=C/c1cc(-c2ccc3c(F)c(OCc4ccc(OCCCCCCOCC5COC5)cc4)ccc3c2CSCC)ccc1OCc1ccc(OCCCN2C(=O)C=CC2=O)cc1)c1nc2ccccc2s1. The Bertz CT molecular complexity index is 3340. The van der Waals surface area contributed by atoms with E-state index in [0.29, 0.717) is 58.9 Å². The number of imide groups is 1. The lowest BCUT2D eigenvalue weighted by atomic mass is 9.93. The van der Waals surface area contributed by atoms with Gasteiger partial charge in [-0.25, -0.2) is 19.2 Å². The van der Waals surface area contributed by atoms with Gasteiger partial charge in [-0.3, -0.25) is 14.5 Å². The van der Waals surface area contributed by atoms with E-state index in [1.165, 1.54) is 28.4 Å². The van der Waals surface area contributed by atoms with Gasteiger partial charge in [-0.05, 0) is 119 Å². The first-order valence-electron chi connectivity index (χ1n) is 27.7. The van der Waals surface area contributed by atoms with Gasteiger partial charge in [0.1, 0.15) is 43.8 Å². The van der Waals surface area contributed by atoms with Crippen LogP contribution >= 0.6 is 23.1 Å². The molecule has 6 aromatic carbocycles. The molecule has 7 aromatic rings. The summed E-state index contributed by atoms with van der Waals surface area (Å²) in [6.45, 7) is 9.49. The van der Waals surface area contributed by atoms with Crippen molar-refractivity contribution in [2.75, 3.05) is 76.9 Å². The number of esters is 1. The largest absolute Gasteiger partial charge is 0.494 e. The predicted octanol–water partition coefficient (Wildman–Crippen LogP) is 12.8. The first-order valence-corrected chi connectivity index (χ1v) is 29.7. The van der Waals surface area contributed by atoms with Crippen molar-refractivity contribution in [3.8, 4) is 34.1 Å². The second kappa shape index (κ2) is 30.6. The maximum atomic E-state index is 16.6. The lowest BCUT2D eigenvalue weighted by Crippen LogP contribution is -2.31. The minimum Gasteiger partial charge on any atom is -0.494 e. The van der Waals surface area contributed by atoms with E-state index in [9.17, 15) is 18.8 Å². The molecule has 2 aliphatic rings. The number of nitrogens with zero attached hydrogens (tertiary/aromatic N) is 4. The van der Waals surface area contributed by atoms with Crippen molar-refractivity contribution in [1.29, 1.82) is 0 Å². The monoisotopic (exact) mass is 1170 g/mol. The average molecular weight is 1170 g/mol. The number of carbonyl (C=O) groups is 3. The predicted molar refractivity (Wildman–Crippen MR) is 320 cm³/mol. The Morgan fingerprint density at radius 2 is 1.46 bits per heavy atom. The number of unbranched alkanes of at least 4 members (excludes halogenated alkanes) is 3. The third-order valence-corrected chi connectivity index (χ3v) is 15.5. The molecule has 3 heterocycles. The summed E-state index contributed by atoms with van der Waals surface area (Å²) in [5.74, 6) is 0.626. The molecule has 0 spiro atoms. The maximum Gasteiger partial charge on any atom is 0.366 e. The van der Waals surface area contributed by atoms with Gasteiger partial charge < -0.3 is 37.9 Å². The van der Waals surface area contributed by atoms with E-state index in [1.807, 2.05) is 103 Å². The summed E-state index contributed by atoms with van der Waals surface area (Å²) in [5.41, 5.74) is 5.82. The van der Waals surface area contributed by atoms with Crippen LogP contribution in [0, 0.1) is 11.7 Å². The number of para-hydroxylation sites is 1. The Morgan fingerprint density at radius 1 is 0.783 bits per heavy atom. The Morgan fingerprint density at radius 3 is 2.14 bits per heavy atom. The Kier molecular flexibility index (Phi) is 22.1. The Balaban J connectivity index is 0.906. The number of anilines is 1. The van der Waals surface area contributed by atoms with Crippen molar-refractivity contribution in [1.82, 2.24) is 9.88 Å². The van der Waals surface area contributed by atoms with Gasteiger partial charge in [0.05, 0.1) is 56.1 Å². The van der Waals surface area contributed by atoms with E-state index < -0.39 is 17.6 Å². The molecule has 0 aliphatic carbocycles. The molecule has 1 aromatic heterocycles. The van der Waals surface area contributed by atoms with Gasteiger partial charge >= 0.3 is 5.97 Å². The maximum absolute atomic E-state index is 16.6. The van der Waals surface area contributed by atoms with Gasteiger partial charge in [0.2, 0.25) is 11.0 Å². The van der Waals surface area contributed by atoms with Crippen molar-refractivity contribution in [2.24, 2.45) is 11.0 Å². The molecule has 0 saturated carbocycles. The summed E-state index contributed by atoms with van der Waals surface area (Å²) >= 11 is 3.14. The van der Waals surface area contributed by atoms with E-state index in [1.54, 1.807) is 35.1 Å². The fourth-order valence-corrected chi connectivity index (χ4v) is 10.6. The number of fused-ring (bicyclic) bond motifs is 2. The molecular formula is C64H66F2N4O11S2. The summed E-state index contributed by atoms with van der Waals surface area (Å²) in [6.07, 6.45) is 8.86. The number of thioether (sulfide) groups is 1. The zero-order chi connectivity index (χ0) is 57.8. The summed E-state index contributed by atoms with van der Waals surface area (Å²) in [5, 5.41) is 8.22. The highest BCUT2D eigenvalue weighted by molar-refractivity contribution is 7.98. The Labute approximate surface area is 489 Å². The fourth-order valence-electron chi connectivity index (χ4n) is 8.99. The number of hydrogen-bond acceptors (Lipinski definition) is 16. The van der Waals surface area contributed by atoms with Crippen LogP contribution in [-0.4, -0.2) is 106 Å². The first kappa shape index (κ1) is 59.9. The van der Waals surface area contributed by atoms with Crippen LogP contribution in [-0.2, 0) is 52.3 Å². The fraction of sp³-hybridized carbons (Fsp3) is 0.328. The number of rotatable bonds is 34. The number of hydrogen-bond donors (Lipinski definition) is 0. The normalized spacial score (nSPS) is 13.3. The molecule has 15 nitrogen and oxygen atoms in total.